The van der Waals surface area contributed by atoms with Gasteiger partial charge in [-0.3, -0.25) is 14.4 Å². The van der Waals surface area contributed by atoms with Gasteiger partial charge in [-0.25, -0.2) is 4.98 Å². The lowest BCUT2D eigenvalue weighted by atomic mass is 9.94. The number of piperidine rings is 1. The Hall–Kier alpha value is -3.68. The van der Waals surface area contributed by atoms with Crippen molar-refractivity contribution >= 4 is 34.4 Å². The van der Waals surface area contributed by atoms with E-state index in [1.807, 2.05) is 57.3 Å². The molecule has 0 spiro atoms. The van der Waals surface area contributed by atoms with Crippen molar-refractivity contribution in [1.29, 1.82) is 0 Å². The second-order valence-corrected chi connectivity index (χ2v) is 9.59. The zero-order chi connectivity index (χ0) is 24.9. The van der Waals surface area contributed by atoms with E-state index in [0.29, 0.717) is 38.2 Å². The van der Waals surface area contributed by atoms with Crippen LogP contribution in [-0.4, -0.2) is 51.7 Å². The quantitative estimate of drug-likeness (QED) is 0.487. The van der Waals surface area contributed by atoms with Crippen LogP contribution in [0.25, 0.3) is 10.9 Å². The Kier molecular flexibility index (Phi) is 7.48. The molecule has 2 aromatic heterocycles. The zero-order valence-electron chi connectivity index (χ0n) is 20.5. The van der Waals surface area contributed by atoms with E-state index >= 15 is 0 Å². The number of aromatic amines is 1. The summed E-state index contributed by atoms with van der Waals surface area (Å²) in [5.41, 5.74) is 3.02. The van der Waals surface area contributed by atoms with Gasteiger partial charge in [-0.2, -0.15) is 0 Å². The SMILES string of the molecule is Cc1ccc(NC(=O)C2CCN(C(=O)C(Cc3c[nH]c4ccccc34)NC(=O)C(C)C)CC2)nc1. The maximum atomic E-state index is 13.5. The van der Waals surface area contributed by atoms with Crippen molar-refractivity contribution in [1.82, 2.24) is 20.2 Å². The van der Waals surface area contributed by atoms with E-state index in [0.717, 1.165) is 22.0 Å². The number of pyridine rings is 1. The molecule has 3 aromatic rings. The molecule has 1 atom stereocenters. The molecule has 1 saturated heterocycles. The summed E-state index contributed by atoms with van der Waals surface area (Å²) in [6.07, 6.45) is 5.17. The summed E-state index contributed by atoms with van der Waals surface area (Å²) in [7, 11) is 0. The second kappa shape index (κ2) is 10.7. The molecule has 1 aromatic carbocycles. The number of aromatic nitrogens is 2. The monoisotopic (exact) mass is 475 g/mol. The standard InChI is InChI=1S/C27H33N5O3/c1-17(2)25(33)30-23(14-20-16-28-22-7-5-4-6-21(20)22)27(35)32-12-10-19(11-13-32)26(34)31-24-9-8-18(3)15-29-24/h4-9,15-17,19,23,28H,10-14H2,1-3H3,(H,30,33)(H,29,31,34). The van der Waals surface area contributed by atoms with E-state index in [2.05, 4.69) is 20.6 Å². The van der Waals surface area contributed by atoms with Gasteiger partial charge in [0.05, 0.1) is 0 Å². The van der Waals surface area contributed by atoms with Crippen molar-refractivity contribution in [2.75, 3.05) is 18.4 Å². The highest BCUT2D eigenvalue weighted by atomic mass is 16.2. The smallest absolute Gasteiger partial charge is 0.245 e. The lowest BCUT2D eigenvalue weighted by Crippen LogP contribution is -2.53. The predicted molar refractivity (Wildman–Crippen MR) is 136 cm³/mol. The minimum atomic E-state index is -0.661. The molecule has 8 heteroatoms. The van der Waals surface area contributed by atoms with Crippen LogP contribution in [0.4, 0.5) is 5.82 Å². The maximum Gasteiger partial charge on any atom is 0.245 e. The van der Waals surface area contributed by atoms with Crippen molar-refractivity contribution in [3.8, 4) is 0 Å². The molecular formula is C27H33N5O3. The van der Waals surface area contributed by atoms with Gasteiger partial charge in [0.25, 0.3) is 0 Å². The molecular weight excluding hydrogens is 442 g/mol. The van der Waals surface area contributed by atoms with Crippen LogP contribution in [0, 0.1) is 18.8 Å². The van der Waals surface area contributed by atoms with E-state index in [4.69, 9.17) is 0 Å². The molecule has 35 heavy (non-hydrogen) atoms. The van der Waals surface area contributed by atoms with E-state index in [1.54, 1.807) is 17.2 Å². The van der Waals surface area contributed by atoms with E-state index in [9.17, 15) is 14.4 Å². The van der Waals surface area contributed by atoms with Crippen LogP contribution >= 0.6 is 0 Å². The van der Waals surface area contributed by atoms with Crippen molar-refractivity contribution < 1.29 is 14.4 Å². The minimum absolute atomic E-state index is 0.0723. The lowest BCUT2D eigenvalue weighted by Gasteiger charge is -2.34. The molecule has 8 nitrogen and oxygen atoms in total. The molecule has 3 N–H and O–H groups in total. The van der Waals surface area contributed by atoms with E-state index in [-0.39, 0.29) is 29.6 Å². The van der Waals surface area contributed by atoms with Gasteiger partial charge in [0.15, 0.2) is 0 Å². The Balaban J connectivity index is 1.41. The molecule has 1 aliphatic heterocycles. The number of nitrogens with zero attached hydrogens (tertiary/aromatic N) is 2. The van der Waals surface area contributed by atoms with Crippen LogP contribution in [0.5, 0.6) is 0 Å². The number of hydrogen-bond acceptors (Lipinski definition) is 4. The summed E-state index contributed by atoms with van der Waals surface area (Å²) < 4.78 is 0. The number of amides is 3. The molecule has 0 bridgehead atoms. The highest BCUT2D eigenvalue weighted by Gasteiger charge is 2.32. The number of rotatable bonds is 7. The van der Waals surface area contributed by atoms with Gasteiger partial charge in [0.1, 0.15) is 11.9 Å². The zero-order valence-corrected chi connectivity index (χ0v) is 20.5. The minimum Gasteiger partial charge on any atom is -0.361 e. The summed E-state index contributed by atoms with van der Waals surface area (Å²) in [5, 5.41) is 6.88. The van der Waals surface area contributed by atoms with Gasteiger partial charge in [-0.15, -0.1) is 0 Å². The van der Waals surface area contributed by atoms with Gasteiger partial charge in [-0.05, 0) is 43.0 Å². The molecule has 3 heterocycles. The average Bonchev–Trinajstić information content (AvgIpc) is 3.27. The summed E-state index contributed by atoms with van der Waals surface area (Å²) in [4.78, 5) is 48.0. The number of fused-ring (bicyclic) bond motifs is 1. The molecule has 0 radical (unpaired) electrons. The lowest BCUT2D eigenvalue weighted by molar-refractivity contribution is -0.139. The van der Waals surface area contributed by atoms with Crippen LogP contribution < -0.4 is 10.6 Å². The first-order valence-electron chi connectivity index (χ1n) is 12.2. The molecule has 0 saturated carbocycles. The molecule has 4 rings (SSSR count). The van der Waals surface area contributed by atoms with Gasteiger partial charge in [0.2, 0.25) is 17.7 Å². The summed E-state index contributed by atoms with van der Waals surface area (Å²) in [6.45, 7) is 6.52. The van der Waals surface area contributed by atoms with E-state index in [1.165, 1.54) is 0 Å². The largest absolute Gasteiger partial charge is 0.361 e. The molecule has 1 unspecified atom stereocenters. The number of nitrogens with one attached hydrogen (secondary N) is 3. The van der Waals surface area contributed by atoms with Crippen LogP contribution in [0.1, 0.15) is 37.8 Å². The topological polar surface area (TPSA) is 107 Å². The Morgan fingerprint density at radius 2 is 1.86 bits per heavy atom. The van der Waals surface area contributed by atoms with Crippen LogP contribution in [0.3, 0.4) is 0 Å². The Morgan fingerprint density at radius 1 is 1.11 bits per heavy atom. The molecule has 1 aliphatic rings. The van der Waals surface area contributed by atoms with Gasteiger partial charge in [-0.1, -0.05) is 38.1 Å². The van der Waals surface area contributed by atoms with Crippen LogP contribution in [0.15, 0.2) is 48.8 Å². The first kappa shape index (κ1) is 24.4. The van der Waals surface area contributed by atoms with Crippen molar-refractivity contribution in [2.45, 2.75) is 46.1 Å². The third-order valence-corrected chi connectivity index (χ3v) is 6.58. The van der Waals surface area contributed by atoms with Gasteiger partial charge in [0, 0.05) is 54.6 Å². The Labute approximate surface area is 205 Å². The number of hydrogen-bond donors (Lipinski definition) is 3. The number of para-hydroxylation sites is 1. The maximum absolute atomic E-state index is 13.5. The number of likely N-dealkylation sites (tertiary alicyclic amines) is 1. The normalized spacial score (nSPS) is 15.3. The Bertz CT molecular complexity index is 1190. The Morgan fingerprint density at radius 3 is 2.54 bits per heavy atom. The molecule has 184 valence electrons. The van der Waals surface area contributed by atoms with Gasteiger partial charge >= 0.3 is 0 Å². The average molecular weight is 476 g/mol. The fraction of sp³-hybridized carbons (Fsp3) is 0.407. The number of H-pyrrole nitrogens is 1. The highest BCUT2D eigenvalue weighted by molar-refractivity contribution is 5.93. The van der Waals surface area contributed by atoms with Crippen molar-refractivity contribution in [2.24, 2.45) is 11.8 Å². The predicted octanol–water partition coefficient (Wildman–Crippen LogP) is 3.43. The van der Waals surface area contributed by atoms with Crippen molar-refractivity contribution in [3.63, 3.8) is 0 Å². The third-order valence-electron chi connectivity index (χ3n) is 6.58. The number of aryl methyl sites for hydroxylation is 1. The highest BCUT2D eigenvalue weighted by Crippen LogP contribution is 2.23. The number of carbonyl (C=O) groups is 3. The first-order valence-corrected chi connectivity index (χ1v) is 12.2. The number of anilines is 1. The van der Waals surface area contributed by atoms with Crippen LogP contribution in [-0.2, 0) is 20.8 Å². The third kappa shape index (κ3) is 5.88. The number of benzene rings is 1. The summed E-state index contributed by atoms with van der Waals surface area (Å²) >= 11 is 0. The van der Waals surface area contributed by atoms with Crippen LogP contribution in [0.2, 0.25) is 0 Å². The first-order chi connectivity index (χ1) is 16.8. The molecule has 1 fully saturated rings. The van der Waals surface area contributed by atoms with E-state index < -0.39 is 6.04 Å². The summed E-state index contributed by atoms with van der Waals surface area (Å²) in [6, 6.07) is 11.0. The molecule has 3 amide bonds. The molecule has 0 aliphatic carbocycles. The number of carbonyl (C=O) groups excluding carboxylic acids is 3. The van der Waals surface area contributed by atoms with Crippen molar-refractivity contribution in [3.05, 3.63) is 59.9 Å². The second-order valence-electron chi connectivity index (χ2n) is 9.59. The summed E-state index contributed by atoms with van der Waals surface area (Å²) in [5.74, 6) is -0.199. The fourth-order valence-corrected chi connectivity index (χ4v) is 4.41. The van der Waals surface area contributed by atoms with Gasteiger partial charge < -0.3 is 20.5 Å². The fourth-order valence-electron chi connectivity index (χ4n) is 4.41.